The lowest BCUT2D eigenvalue weighted by molar-refractivity contribution is 0.134. The van der Waals surface area contributed by atoms with Gasteiger partial charge in [0.15, 0.2) is 0 Å². The zero-order valence-corrected chi connectivity index (χ0v) is 12.0. The van der Waals surface area contributed by atoms with E-state index in [0.29, 0.717) is 6.04 Å². The number of hydrogen-bond donors (Lipinski definition) is 1. The first-order chi connectivity index (χ1) is 9.35. The number of unbranched alkanes of at least 4 members (excludes halogenated alkanes) is 3. The molecule has 2 nitrogen and oxygen atoms in total. The largest absolute Gasteiger partial charge is 0.372 e. The fraction of sp³-hybridized carbons (Fsp3) is 0.529. The summed E-state index contributed by atoms with van der Waals surface area (Å²) in [5.41, 5.74) is 4.12. The van der Waals surface area contributed by atoms with Crippen LogP contribution in [0.25, 0.3) is 0 Å². The lowest BCUT2D eigenvalue weighted by atomic mass is 9.97. The second-order valence-corrected chi connectivity index (χ2v) is 5.29. The molecule has 1 aromatic rings. The number of rotatable bonds is 8. The topological polar surface area (TPSA) is 21.3 Å². The summed E-state index contributed by atoms with van der Waals surface area (Å²) in [4.78, 5) is 0. The van der Waals surface area contributed by atoms with E-state index in [1.807, 2.05) is 6.08 Å². The molecule has 1 atom stereocenters. The summed E-state index contributed by atoms with van der Waals surface area (Å²) in [6.07, 6.45) is 8.17. The molecule has 1 heterocycles. The normalized spacial score (nSPS) is 15.2. The van der Waals surface area contributed by atoms with E-state index in [2.05, 4.69) is 37.1 Å². The number of fused-ring (bicyclic) bond motifs is 1. The maximum absolute atomic E-state index is 5.48. The fourth-order valence-corrected chi connectivity index (χ4v) is 2.70. The van der Waals surface area contributed by atoms with E-state index in [1.165, 1.54) is 42.4 Å². The molecule has 0 saturated carbocycles. The zero-order valence-electron chi connectivity index (χ0n) is 12.0. The van der Waals surface area contributed by atoms with Crippen LogP contribution in [0.2, 0.25) is 0 Å². The smallest absolute Gasteiger partial charge is 0.0725 e. The van der Waals surface area contributed by atoms with Crippen LogP contribution in [0.1, 0.15) is 54.8 Å². The first-order valence-electron chi connectivity index (χ1n) is 7.32. The van der Waals surface area contributed by atoms with Gasteiger partial charge in [0.1, 0.15) is 0 Å². The quantitative estimate of drug-likeness (QED) is 0.560. The summed E-state index contributed by atoms with van der Waals surface area (Å²) in [5.74, 6) is 0. The highest BCUT2D eigenvalue weighted by Crippen LogP contribution is 2.26. The van der Waals surface area contributed by atoms with Crippen molar-refractivity contribution in [2.75, 3.05) is 7.05 Å². The first-order valence-corrected chi connectivity index (χ1v) is 7.32. The summed E-state index contributed by atoms with van der Waals surface area (Å²) in [6, 6.07) is 7.25. The van der Waals surface area contributed by atoms with Crippen LogP contribution in [0, 0.1) is 0 Å². The maximum atomic E-state index is 5.48. The Bertz CT molecular complexity index is 414. The molecule has 0 spiro atoms. The predicted molar refractivity (Wildman–Crippen MR) is 80.0 cm³/mol. The molecular weight excluding hydrogens is 234 g/mol. The lowest BCUT2D eigenvalue weighted by Crippen LogP contribution is -2.16. The SMILES string of the molecule is C=CCCCCCC(NC)c1ccc2c(c1)COC2. The van der Waals surface area contributed by atoms with Gasteiger partial charge in [-0.25, -0.2) is 0 Å². The molecule has 0 radical (unpaired) electrons. The Morgan fingerprint density at radius 2 is 2.11 bits per heavy atom. The van der Waals surface area contributed by atoms with Crippen LogP contribution < -0.4 is 5.32 Å². The Labute approximate surface area is 116 Å². The monoisotopic (exact) mass is 259 g/mol. The van der Waals surface area contributed by atoms with E-state index < -0.39 is 0 Å². The Kier molecular flexibility index (Phi) is 5.62. The van der Waals surface area contributed by atoms with Crippen molar-refractivity contribution in [2.45, 2.75) is 51.4 Å². The van der Waals surface area contributed by atoms with E-state index in [4.69, 9.17) is 4.74 Å². The molecule has 1 N–H and O–H groups in total. The predicted octanol–water partition coefficient (Wildman–Crippen LogP) is 4.11. The molecule has 1 aromatic carbocycles. The average molecular weight is 259 g/mol. The fourth-order valence-electron chi connectivity index (χ4n) is 2.70. The van der Waals surface area contributed by atoms with Crippen LogP contribution in [0.15, 0.2) is 30.9 Å². The maximum Gasteiger partial charge on any atom is 0.0725 e. The number of benzene rings is 1. The molecule has 0 amide bonds. The number of nitrogens with one attached hydrogen (secondary N) is 1. The molecular formula is C17H25NO. The highest BCUT2D eigenvalue weighted by molar-refractivity contribution is 5.34. The van der Waals surface area contributed by atoms with Gasteiger partial charge < -0.3 is 10.1 Å². The third-order valence-corrected chi connectivity index (χ3v) is 3.90. The average Bonchev–Trinajstić information content (AvgIpc) is 2.90. The Balaban J connectivity index is 1.88. The molecule has 104 valence electrons. The van der Waals surface area contributed by atoms with Crippen LogP contribution in [0.4, 0.5) is 0 Å². The van der Waals surface area contributed by atoms with Gasteiger partial charge in [-0.2, -0.15) is 0 Å². The van der Waals surface area contributed by atoms with Gasteiger partial charge in [0.05, 0.1) is 13.2 Å². The standard InChI is InChI=1S/C17H25NO/c1-3-4-5-6-7-8-17(18-2)14-9-10-15-12-19-13-16(15)11-14/h3,9-11,17-18H,1,4-8,12-13H2,2H3. The summed E-state index contributed by atoms with van der Waals surface area (Å²) in [6.45, 7) is 5.32. The van der Waals surface area contributed by atoms with Gasteiger partial charge in [0.2, 0.25) is 0 Å². The summed E-state index contributed by atoms with van der Waals surface area (Å²) in [7, 11) is 2.05. The van der Waals surface area contributed by atoms with E-state index in [-0.39, 0.29) is 0 Å². The van der Waals surface area contributed by atoms with Crippen molar-refractivity contribution in [3.63, 3.8) is 0 Å². The van der Waals surface area contributed by atoms with Crippen LogP contribution in [-0.4, -0.2) is 7.05 Å². The van der Waals surface area contributed by atoms with Gasteiger partial charge >= 0.3 is 0 Å². The molecule has 0 bridgehead atoms. The molecule has 0 aromatic heterocycles. The number of hydrogen-bond acceptors (Lipinski definition) is 2. The number of allylic oxidation sites excluding steroid dienone is 1. The molecule has 2 rings (SSSR count). The lowest BCUT2D eigenvalue weighted by Gasteiger charge is -2.17. The first kappa shape index (κ1) is 14.3. The van der Waals surface area contributed by atoms with Crippen LogP contribution in [0.5, 0.6) is 0 Å². The molecule has 0 aliphatic carbocycles. The third-order valence-electron chi connectivity index (χ3n) is 3.90. The molecule has 0 fully saturated rings. The molecule has 1 aliphatic heterocycles. The molecule has 19 heavy (non-hydrogen) atoms. The second-order valence-electron chi connectivity index (χ2n) is 5.29. The van der Waals surface area contributed by atoms with E-state index in [9.17, 15) is 0 Å². The number of ether oxygens (including phenoxy) is 1. The van der Waals surface area contributed by atoms with Crippen molar-refractivity contribution in [1.82, 2.24) is 5.32 Å². The van der Waals surface area contributed by atoms with Crippen molar-refractivity contribution < 1.29 is 4.74 Å². The summed E-state index contributed by atoms with van der Waals surface area (Å²) < 4.78 is 5.48. The molecule has 1 aliphatic rings. The Morgan fingerprint density at radius 3 is 2.89 bits per heavy atom. The van der Waals surface area contributed by atoms with Crippen LogP contribution >= 0.6 is 0 Å². The van der Waals surface area contributed by atoms with Gasteiger partial charge in [-0.3, -0.25) is 0 Å². The van der Waals surface area contributed by atoms with Gasteiger partial charge in [-0.05, 0) is 43.0 Å². The van der Waals surface area contributed by atoms with Gasteiger partial charge in [-0.15, -0.1) is 6.58 Å². The minimum absolute atomic E-state index is 0.467. The Hall–Kier alpha value is -1.12. The molecule has 0 saturated heterocycles. The Morgan fingerprint density at radius 1 is 1.26 bits per heavy atom. The van der Waals surface area contributed by atoms with Crippen LogP contribution in [0.3, 0.4) is 0 Å². The highest BCUT2D eigenvalue weighted by atomic mass is 16.5. The summed E-state index contributed by atoms with van der Waals surface area (Å²) in [5, 5.41) is 3.44. The van der Waals surface area contributed by atoms with Crippen molar-refractivity contribution in [3.8, 4) is 0 Å². The van der Waals surface area contributed by atoms with Crippen molar-refractivity contribution in [1.29, 1.82) is 0 Å². The van der Waals surface area contributed by atoms with Crippen LogP contribution in [-0.2, 0) is 18.0 Å². The van der Waals surface area contributed by atoms with E-state index in [1.54, 1.807) is 0 Å². The third kappa shape index (κ3) is 3.92. The highest BCUT2D eigenvalue weighted by Gasteiger charge is 2.15. The zero-order chi connectivity index (χ0) is 13.5. The van der Waals surface area contributed by atoms with Crippen molar-refractivity contribution >= 4 is 0 Å². The second kappa shape index (κ2) is 7.46. The van der Waals surface area contributed by atoms with E-state index >= 15 is 0 Å². The minimum Gasteiger partial charge on any atom is -0.372 e. The van der Waals surface area contributed by atoms with E-state index in [0.717, 1.165) is 19.6 Å². The molecule has 2 heteroatoms. The van der Waals surface area contributed by atoms with Gasteiger partial charge in [0, 0.05) is 6.04 Å². The van der Waals surface area contributed by atoms with Crippen molar-refractivity contribution in [2.24, 2.45) is 0 Å². The summed E-state index contributed by atoms with van der Waals surface area (Å²) >= 11 is 0. The van der Waals surface area contributed by atoms with Gasteiger partial charge in [-0.1, -0.05) is 37.1 Å². The minimum atomic E-state index is 0.467. The van der Waals surface area contributed by atoms with Gasteiger partial charge in [0.25, 0.3) is 0 Å². The van der Waals surface area contributed by atoms with Crippen molar-refractivity contribution in [3.05, 3.63) is 47.5 Å². The molecule has 1 unspecified atom stereocenters.